The van der Waals surface area contributed by atoms with Gasteiger partial charge in [-0.05, 0) is 0 Å². The first-order chi connectivity index (χ1) is 3.42. The molecule has 7 heteroatoms. The maximum absolute atomic E-state index is 9.57. The summed E-state index contributed by atoms with van der Waals surface area (Å²) in [6, 6.07) is -0.951. The molecule has 0 rings (SSSR count). The average molecular weight is 162 g/mol. The van der Waals surface area contributed by atoms with Crippen LogP contribution >= 0.6 is 0 Å². The number of hydrogen-bond donors (Lipinski definition) is 4. The second-order valence-corrected chi connectivity index (χ2v) is 3.25. The molecule has 0 bridgehead atoms. The summed E-state index contributed by atoms with van der Waals surface area (Å²) in [5, 5.41) is 7.80. The molecule has 0 aromatic rings. The second-order valence-electron chi connectivity index (χ2n) is 1.34. The van der Waals surface area contributed by atoms with Crippen molar-refractivity contribution in [1.82, 2.24) is 0 Å². The van der Waals surface area contributed by atoms with Crippen molar-refractivity contribution in [3.8, 4) is 0 Å². The Hall–Kier alpha value is 0.567. The van der Waals surface area contributed by atoms with E-state index in [0.717, 1.165) is 0 Å². The molecule has 0 unspecified atom stereocenters. The molecule has 0 saturated carbocycles. The van der Waals surface area contributed by atoms with E-state index in [2.05, 4.69) is 0 Å². The van der Waals surface area contributed by atoms with Crippen molar-refractivity contribution in [2.24, 2.45) is 0 Å². The van der Waals surface area contributed by atoms with Crippen LogP contribution in [0.4, 0.5) is 0 Å². The zero-order chi connectivity index (χ0) is 6.78. The van der Waals surface area contributed by atoms with Gasteiger partial charge in [0.25, 0.3) is 0 Å². The molecule has 0 heterocycles. The molecule has 9 heavy (non-hydrogen) atoms. The van der Waals surface area contributed by atoms with Crippen molar-refractivity contribution in [1.29, 1.82) is 0 Å². The first-order valence-corrected chi connectivity index (χ1v) is 3.85. The van der Waals surface area contributed by atoms with Gasteiger partial charge in [0.15, 0.2) is 0 Å². The van der Waals surface area contributed by atoms with Gasteiger partial charge in [-0.15, -0.1) is 0 Å². The molecule has 0 aliphatic rings. The monoisotopic (exact) mass is 162 g/mol. The predicted molar refractivity (Wildman–Crippen MR) is 26.0 cm³/mol. The fraction of sp³-hybridized carbons (Fsp3) is 0.500. The molecule has 0 fully saturated rings. The Kier molecular flexibility index (Phi) is 5.99. The van der Waals surface area contributed by atoms with E-state index >= 15 is 0 Å². The Morgan fingerprint density at radius 1 is 1.44 bits per heavy atom. The Bertz CT molecular complexity index is 102. The molecule has 0 aliphatic heterocycles. The molecule has 0 amide bonds. The molecule has 0 spiro atoms. The second kappa shape index (κ2) is 4.39. The first kappa shape index (κ1) is 12.3. The van der Waals surface area contributed by atoms with Crippen molar-refractivity contribution in [3.05, 3.63) is 0 Å². The third-order valence-corrected chi connectivity index (χ3v) is 1.17. The van der Waals surface area contributed by atoms with Crippen LogP contribution in [0.5, 0.6) is 0 Å². The summed E-state index contributed by atoms with van der Waals surface area (Å²) in [5.74, 6) is -1.41. The number of aliphatic carboxylic acids is 1. The Balaban J connectivity index is -0.000000245. The fourth-order valence-corrected chi connectivity index (χ4v) is 0.609. The molecular formula is C2H7NaO5Si. The van der Waals surface area contributed by atoms with Crippen molar-refractivity contribution in [3.63, 3.8) is 0 Å². The van der Waals surface area contributed by atoms with Crippen LogP contribution in [0.2, 0.25) is 6.04 Å². The van der Waals surface area contributed by atoms with E-state index in [-0.39, 0.29) is 31.0 Å². The Labute approximate surface area is 76.1 Å². The van der Waals surface area contributed by atoms with E-state index in [1.165, 1.54) is 0 Å². The summed E-state index contributed by atoms with van der Waals surface area (Å²) < 4.78 is 0. The minimum atomic E-state index is -4.32. The number of rotatable bonds is 2. The van der Waals surface area contributed by atoms with Gasteiger partial charge in [-0.25, -0.2) is 0 Å². The molecule has 0 aliphatic carbocycles. The quantitative estimate of drug-likeness (QED) is 0.305. The van der Waals surface area contributed by atoms with E-state index in [0.29, 0.717) is 0 Å². The Morgan fingerprint density at radius 2 is 1.78 bits per heavy atom. The first-order valence-electron chi connectivity index (χ1n) is 1.81. The number of hydrogen-bond acceptors (Lipinski definition) is 4. The molecular weight excluding hydrogens is 155 g/mol. The van der Waals surface area contributed by atoms with E-state index < -0.39 is 20.8 Å². The average Bonchev–Trinajstić information content (AvgIpc) is 1.21. The van der Waals surface area contributed by atoms with Crippen LogP contribution in [0.1, 0.15) is 1.43 Å². The van der Waals surface area contributed by atoms with E-state index in [1.54, 1.807) is 0 Å². The van der Waals surface area contributed by atoms with Crippen molar-refractivity contribution >= 4 is 14.8 Å². The summed E-state index contributed by atoms with van der Waals surface area (Å²) in [6.45, 7) is 0. The van der Waals surface area contributed by atoms with Gasteiger partial charge in [0.1, 0.15) is 6.04 Å². The predicted octanol–water partition coefficient (Wildman–Crippen LogP) is -4.90. The van der Waals surface area contributed by atoms with Crippen LogP contribution in [0, 0.1) is 0 Å². The third kappa shape index (κ3) is 11.9. The molecule has 0 aromatic carbocycles. The minimum Gasteiger partial charge on any atom is -1.00 e. The van der Waals surface area contributed by atoms with Gasteiger partial charge in [0.2, 0.25) is 0 Å². The smallest absolute Gasteiger partial charge is 1.00 e. The van der Waals surface area contributed by atoms with Crippen LogP contribution in [-0.2, 0) is 4.79 Å². The Morgan fingerprint density at radius 3 is 1.78 bits per heavy atom. The topological polar surface area (TPSA) is 98.0 Å². The van der Waals surface area contributed by atoms with Gasteiger partial charge in [0.05, 0.1) is 0 Å². The number of carbonyl (C=O) groups is 1. The van der Waals surface area contributed by atoms with Gasteiger partial charge in [-0.1, -0.05) is 0 Å². The molecule has 50 valence electrons. The summed E-state index contributed by atoms with van der Waals surface area (Å²) in [7, 11) is -4.32. The maximum Gasteiger partial charge on any atom is 1.00 e. The van der Waals surface area contributed by atoms with Gasteiger partial charge in [0, 0.05) is 0 Å². The SMILES string of the molecule is O=C(O)C[Si](O)(O)O.[H-].[Na+]. The van der Waals surface area contributed by atoms with Gasteiger partial charge in [-0.3, -0.25) is 4.79 Å². The summed E-state index contributed by atoms with van der Waals surface area (Å²) in [5.41, 5.74) is 0. The van der Waals surface area contributed by atoms with Crippen LogP contribution in [0.3, 0.4) is 0 Å². The zero-order valence-electron chi connectivity index (χ0n) is 5.90. The zero-order valence-corrected chi connectivity index (χ0v) is 7.90. The van der Waals surface area contributed by atoms with Gasteiger partial charge in [-0.2, -0.15) is 0 Å². The van der Waals surface area contributed by atoms with E-state index in [4.69, 9.17) is 19.5 Å². The maximum atomic E-state index is 9.57. The molecule has 5 nitrogen and oxygen atoms in total. The van der Waals surface area contributed by atoms with Crippen LogP contribution in [-0.4, -0.2) is 34.3 Å². The third-order valence-electron chi connectivity index (χ3n) is 0.388. The summed E-state index contributed by atoms with van der Waals surface area (Å²) >= 11 is 0. The molecule has 0 aromatic heterocycles. The largest absolute Gasteiger partial charge is 1.00 e. The fourth-order valence-electron chi connectivity index (χ4n) is 0.203. The van der Waals surface area contributed by atoms with E-state index in [9.17, 15) is 4.79 Å². The van der Waals surface area contributed by atoms with Gasteiger partial charge < -0.3 is 20.9 Å². The van der Waals surface area contributed by atoms with Crippen LogP contribution in [0.25, 0.3) is 0 Å². The summed E-state index contributed by atoms with van der Waals surface area (Å²) in [4.78, 5) is 33.7. The molecule has 0 saturated heterocycles. The van der Waals surface area contributed by atoms with Crippen LogP contribution in [0.15, 0.2) is 0 Å². The number of carboxylic acids is 1. The summed E-state index contributed by atoms with van der Waals surface area (Å²) in [6.07, 6.45) is 0. The minimum absolute atomic E-state index is 0. The van der Waals surface area contributed by atoms with Gasteiger partial charge >= 0.3 is 44.3 Å². The number of carboxylic acid groups (broad SMARTS) is 1. The molecule has 4 N–H and O–H groups in total. The standard InChI is InChI=1S/C2H6O5Si.Na.H/c3-2(4)1-8(5,6)7;;/h5-7H,1H2,(H,3,4);;/q;+1;-1. The van der Waals surface area contributed by atoms with Crippen molar-refractivity contribution in [2.45, 2.75) is 6.04 Å². The van der Waals surface area contributed by atoms with Crippen molar-refractivity contribution in [2.75, 3.05) is 0 Å². The van der Waals surface area contributed by atoms with E-state index in [1.807, 2.05) is 0 Å². The van der Waals surface area contributed by atoms with Crippen LogP contribution < -0.4 is 29.6 Å². The normalized spacial score (nSPS) is 10.1. The molecule has 0 atom stereocenters. The van der Waals surface area contributed by atoms with Crippen molar-refractivity contribution < 1.29 is 55.3 Å². The molecule has 0 radical (unpaired) electrons.